The van der Waals surface area contributed by atoms with Crippen LogP contribution in [0.3, 0.4) is 0 Å². The van der Waals surface area contributed by atoms with Gasteiger partial charge in [0.2, 0.25) is 0 Å². The van der Waals surface area contributed by atoms with E-state index in [-0.39, 0.29) is 0 Å². The standard InChI is InChI=1S/C50H30N2S/c1-3-10-32(11-4-1)42-30-43(52-50(51-42)37-12-5-2-6-13-37)40-28-29-45-49(41-16-7-8-17-44(41)53-45)48(40)35-20-18-31(19-21-35)38-26-24-36-23-22-33-14-9-15-34-25-27-39(38)47(36)46(33)34/h1-30H. The zero-order chi connectivity index (χ0) is 34.9. The summed E-state index contributed by atoms with van der Waals surface area (Å²) in [5.41, 5.74) is 9.76. The van der Waals surface area contributed by atoms with Crippen molar-refractivity contribution in [3.63, 3.8) is 0 Å². The molecule has 0 spiro atoms. The largest absolute Gasteiger partial charge is 0.228 e. The Bertz CT molecular complexity index is 3070. The summed E-state index contributed by atoms with van der Waals surface area (Å²) in [5.74, 6) is 0.715. The van der Waals surface area contributed by atoms with Crippen LogP contribution in [0.2, 0.25) is 0 Å². The van der Waals surface area contributed by atoms with E-state index < -0.39 is 0 Å². The Morgan fingerprint density at radius 1 is 0.340 bits per heavy atom. The lowest BCUT2D eigenvalue weighted by Crippen LogP contribution is -1.97. The number of rotatable bonds is 5. The predicted octanol–water partition coefficient (Wildman–Crippen LogP) is 14.1. The molecule has 53 heavy (non-hydrogen) atoms. The Morgan fingerprint density at radius 3 is 1.75 bits per heavy atom. The first kappa shape index (κ1) is 30.0. The summed E-state index contributed by atoms with van der Waals surface area (Å²) >= 11 is 1.85. The van der Waals surface area contributed by atoms with Gasteiger partial charge in [0.05, 0.1) is 11.4 Å². The fourth-order valence-corrected chi connectivity index (χ4v) is 9.31. The van der Waals surface area contributed by atoms with Crippen molar-refractivity contribution in [3.8, 4) is 56.2 Å². The summed E-state index contributed by atoms with van der Waals surface area (Å²) in [6.45, 7) is 0. The first-order chi connectivity index (χ1) is 26.3. The van der Waals surface area contributed by atoms with Gasteiger partial charge in [0.1, 0.15) is 0 Å². The van der Waals surface area contributed by atoms with E-state index in [2.05, 4.69) is 158 Å². The van der Waals surface area contributed by atoms with Gasteiger partial charge in [-0.05, 0) is 67.2 Å². The van der Waals surface area contributed by atoms with Crippen LogP contribution in [-0.4, -0.2) is 9.97 Å². The average Bonchev–Trinajstić information content (AvgIpc) is 3.62. The number of thiophene rings is 1. The van der Waals surface area contributed by atoms with Gasteiger partial charge in [-0.2, -0.15) is 0 Å². The Balaban J connectivity index is 1.14. The average molecular weight is 691 g/mol. The molecule has 246 valence electrons. The molecule has 0 saturated carbocycles. The summed E-state index contributed by atoms with van der Waals surface area (Å²) in [5, 5.41) is 10.3. The molecule has 0 amide bonds. The van der Waals surface area contributed by atoms with Crippen LogP contribution in [0.4, 0.5) is 0 Å². The summed E-state index contributed by atoms with van der Waals surface area (Å²) in [7, 11) is 0. The fourth-order valence-electron chi connectivity index (χ4n) is 8.19. The highest BCUT2D eigenvalue weighted by atomic mass is 32.1. The first-order valence-corrected chi connectivity index (χ1v) is 18.8. The van der Waals surface area contributed by atoms with E-state index in [9.17, 15) is 0 Å². The molecule has 0 fully saturated rings. The van der Waals surface area contributed by atoms with Gasteiger partial charge < -0.3 is 0 Å². The van der Waals surface area contributed by atoms with Crippen LogP contribution < -0.4 is 0 Å². The molecule has 11 aromatic rings. The molecule has 0 aliphatic rings. The highest BCUT2D eigenvalue weighted by Gasteiger charge is 2.20. The number of aromatic nitrogens is 2. The molecule has 0 aliphatic carbocycles. The van der Waals surface area contributed by atoms with Crippen molar-refractivity contribution in [2.24, 2.45) is 0 Å². The molecule has 0 saturated heterocycles. The molecule has 9 aromatic carbocycles. The van der Waals surface area contributed by atoms with E-state index in [1.54, 1.807) is 0 Å². The molecular weight excluding hydrogens is 661 g/mol. The minimum absolute atomic E-state index is 0.715. The van der Waals surface area contributed by atoms with Crippen molar-refractivity contribution in [1.29, 1.82) is 0 Å². The number of benzene rings is 9. The van der Waals surface area contributed by atoms with E-state index >= 15 is 0 Å². The molecule has 3 heteroatoms. The normalized spacial score (nSPS) is 11.8. The van der Waals surface area contributed by atoms with Gasteiger partial charge in [0.25, 0.3) is 0 Å². The quantitative estimate of drug-likeness (QED) is 0.168. The second-order valence-electron chi connectivity index (χ2n) is 13.7. The Morgan fingerprint density at radius 2 is 0.962 bits per heavy atom. The summed E-state index contributed by atoms with van der Waals surface area (Å²) in [6.07, 6.45) is 0. The van der Waals surface area contributed by atoms with Crippen molar-refractivity contribution in [2.75, 3.05) is 0 Å². The molecule has 2 aromatic heterocycles. The molecule has 0 radical (unpaired) electrons. The van der Waals surface area contributed by atoms with Crippen molar-refractivity contribution in [2.45, 2.75) is 0 Å². The third kappa shape index (κ3) is 4.86. The van der Waals surface area contributed by atoms with Crippen molar-refractivity contribution in [1.82, 2.24) is 9.97 Å². The van der Waals surface area contributed by atoms with E-state index in [1.165, 1.54) is 69.2 Å². The summed E-state index contributed by atoms with van der Waals surface area (Å²) in [4.78, 5) is 10.4. The van der Waals surface area contributed by atoms with Crippen molar-refractivity contribution < 1.29 is 0 Å². The van der Waals surface area contributed by atoms with Gasteiger partial charge in [-0.15, -0.1) is 11.3 Å². The molecule has 2 nitrogen and oxygen atoms in total. The highest BCUT2D eigenvalue weighted by Crippen LogP contribution is 2.46. The lowest BCUT2D eigenvalue weighted by molar-refractivity contribution is 1.18. The molecule has 0 unspecified atom stereocenters. The molecule has 0 atom stereocenters. The third-order valence-electron chi connectivity index (χ3n) is 10.7. The molecule has 0 N–H and O–H groups in total. The van der Waals surface area contributed by atoms with Crippen LogP contribution in [0.1, 0.15) is 0 Å². The van der Waals surface area contributed by atoms with Crippen LogP contribution >= 0.6 is 11.3 Å². The second kappa shape index (κ2) is 11.9. The lowest BCUT2D eigenvalue weighted by atomic mass is 9.88. The monoisotopic (exact) mass is 690 g/mol. The van der Waals surface area contributed by atoms with Crippen LogP contribution in [0.25, 0.3) is 109 Å². The maximum Gasteiger partial charge on any atom is 0.160 e. The van der Waals surface area contributed by atoms with Gasteiger partial charge in [-0.25, -0.2) is 9.97 Å². The topological polar surface area (TPSA) is 25.8 Å². The minimum Gasteiger partial charge on any atom is -0.228 e. The summed E-state index contributed by atoms with van der Waals surface area (Å²) in [6, 6.07) is 65.6. The van der Waals surface area contributed by atoms with Crippen LogP contribution in [0, 0.1) is 0 Å². The number of nitrogens with zero attached hydrogens (tertiary/aromatic N) is 2. The van der Waals surface area contributed by atoms with E-state index in [0.717, 1.165) is 33.6 Å². The second-order valence-corrected chi connectivity index (χ2v) is 14.8. The highest BCUT2D eigenvalue weighted by molar-refractivity contribution is 7.26. The maximum atomic E-state index is 5.29. The smallest absolute Gasteiger partial charge is 0.160 e. The Hall–Kier alpha value is -6.68. The van der Waals surface area contributed by atoms with E-state index in [0.29, 0.717) is 5.82 Å². The SMILES string of the molecule is c1ccc(-c2cc(-c3ccc4sc5ccccc5c4c3-c3ccc(-c4ccc5ccc6cccc7ccc4c5c67)cc3)nc(-c3ccccc3)n2)cc1. The number of hydrogen-bond acceptors (Lipinski definition) is 3. The predicted molar refractivity (Wildman–Crippen MR) is 226 cm³/mol. The molecule has 2 heterocycles. The van der Waals surface area contributed by atoms with E-state index in [4.69, 9.17) is 9.97 Å². The maximum absolute atomic E-state index is 5.29. The van der Waals surface area contributed by atoms with Gasteiger partial charge in [-0.3, -0.25) is 0 Å². The number of hydrogen-bond donors (Lipinski definition) is 0. The van der Waals surface area contributed by atoms with Crippen LogP contribution in [0.15, 0.2) is 182 Å². The Kier molecular flexibility index (Phi) is 6.76. The Labute approximate surface area is 310 Å². The zero-order valence-corrected chi connectivity index (χ0v) is 29.4. The van der Waals surface area contributed by atoms with Crippen molar-refractivity contribution in [3.05, 3.63) is 182 Å². The van der Waals surface area contributed by atoms with Gasteiger partial charge in [0, 0.05) is 42.4 Å². The number of fused-ring (bicyclic) bond motifs is 3. The van der Waals surface area contributed by atoms with Crippen LogP contribution in [0.5, 0.6) is 0 Å². The third-order valence-corrected chi connectivity index (χ3v) is 11.8. The fraction of sp³-hybridized carbons (Fsp3) is 0. The molecule has 0 aliphatic heterocycles. The van der Waals surface area contributed by atoms with Crippen molar-refractivity contribution >= 4 is 63.8 Å². The van der Waals surface area contributed by atoms with Crippen LogP contribution in [-0.2, 0) is 0 Å². The molecule has 11 rings (SSSR count). The molecular formula is C50H30N2S. The lowest BCUT2D eigenvalue weighted by Gasteiger charge is -2.16. The van der Waals surface area contributed by atoms with Gasteiger partial charge in [0.15, 0.2) is 5.82 Å². The summed E-state index contributed by atoms with van der Waals surface area (Å²) < 4.78 is 2.55. The first-order valence-electron chi connectivity index (χ1n) is 18.0. The van der Waals surface area contributed by atoms with Gasteiger partial charge >= 0.3 is 0 Å². The zero-order valence-electron chi connectivity index (χ0n) is 28.6. The van der Waals surface area contributed by atoms with E-state index in [1.807, 2.05) is 35.6 Å². The molecule has 0 bridgehead atoms. The van der Waals surface area contributed by atoms with Gasteiger partial charge in [-0.1, -0.05) is 164 Å². The minimum atomic E-state index is 0.715.